The van der Waals surface area contributed by atoms with E-state index in [4.69, 9.17) is 5.11 Å². The zero-order valence-electron chi connectivity index (χ0n) is 16.6. The smallest absolute Gasteiger partial charge is 0.306 e. The van der Waals surface area contributed by atoms with E-state index in [0.29, 0.717) is 56.0 Å². The first kappa shape index (κ1) is 20.2. The largest absolute Gasteiger partial charge is 0.481 e. The third-order valence-electron chi connectivity index (χ3n) is 5.77. The van der Waals surface area contributed by atoms with Crippen LogP contribution in [0, 0.1) is 11.7 Å². The van der Waals surface area contributed by atoms with Crippen molar-refractivity contribution in [3.8, 4) is 11.3 Å². The van der Waals surface area contributed by atoms with Crippen molar-refractivity contribution in [3.63, 3.8) is 0 Å². The van der Waals surface area contributed by atoms with Gasteiger partial charge in [0.2, 0.25) is 11.9 Å². The molecule has 1 saturated heterocycles. The van der Waals surface area contributed by atoms with Crippen LogP contribution in [0.2, 0.25) is 0 Å². The molecule has 2 aliphatic rings. The Morgan fingerprint density at radius 3 is 2.73 bits per heavy atom. The molecule has 0 bridgehead atoms. The number of piperidine rings is 1. The average molecular weight is 413 g/mol. The molecule has 2 fully saturated rings. The van der Waals surface area contributed by atoms with Gasteiger partial charge >= 0.3 is 5.97 Å². The number of carboxylic acids is 1. The number of amides is 1. The van der Waals surface area contributed by atoms with Gasteiger partial charge < -0.3 is 10.4 Å². The maximum Gasteiger partial charge on any atom is 0.306 e. The van der Waals surface area contributed by atoms with E-state index in [1.54, 1.807) is 23.2 Å². The Labute approximate surface area is 173 Å². The molecule has 30 heavy (non-hydrogen) atoms. The van der Waals surface area contributed by atoms with Crippen LogP contribution in [0.25, 0.3) is 11.3 Å². The molecule has 0 atom stereocenters. The minimum Gasteiger partial charge on any atom is -0.481 e. The van der Waals surface area contributed by atoms with E-state index in [1.165, 1.54) is 0 Å². The predicted molar refractivity (Wildman–Crippen MR) is 108 cm³/mol. The van der Waals surface area contributed by atoms with Gasteiger partial charge in [0.1, 0.15) is 11.5 Å². The second-order valence-corrected chi connectivity index (χ2v) is 7.83. The second-order valence-electron chi connectivity index (χ2n) is 7.83. The zero-order valence-corrected chi connectivity index (χ0v) is 16.6. The number of pyridine rings is 1. The molecule has 1 aliphatic carbocycles. The number of nitrogens with zero attached hydrogens (tertiary/aromatic N) is 4. The van der Waals surface area contributed by atoms with Crippen LogP contribution in [0.5, 0.6) is 0 Å². The van der Waals surface area contributed by atoms with Crippen LogP contribution in [-0.4, -0.2) is 44.5 Å². The van der Waals surface area contributed by atoms with Crippen molar-refractivity contribution < 1.29 is 19.1 Å². The summed E-state index contributed by atoms with van der Waals surface area (Å²) in [6, 6.07) is 3.39. The second kappa shape index (κ2) is 8.73. The fraction of sp³-hybridized carbons (Fsp3) is 0.476. The average Bonchev–Trinajstić information content (AvgIpc) is 2.76. The van der Waals surface area contributed by atoms with Gasteiger partial charge in [0.15, 0.2) is 5.82 Å². The number of carboxylic acid groups (broad SMARTS) is 1. The van der Waals surface area contributed by atoms with Crippen LogP contribution in [0.15, 0.2) is 24.5 Å². The Kier molecular flexibility index (Phi) is 5.87. The van der Waals surface area contributed by atoms with Crippen molar-refractivity contribution in [2.24, 2.45) is 5.92 Å². The zero-order chi connectivity index (χ0) is 21.1. The lowest BCUT2D eigenvalue weighted by Gasteiger charge is -2.27. The van der Waals surface area contributed by atoms with E-state index in [2.05, 4.69) is 20.3 Å². The molecular weight excluding hydrogens is 389 g/mol. The monoisotopic (exact) mass is 413 g/mol. The van der Waals surface area contributed by atoms with Gasteiger partial charge in [-0.1, -0.05) is 0 Å². The van der Waals surface area contributed by atoms with Gasteiger partial charge in [-0.2, -0.15) is 0 Å². The summed E-state index contributed by atoms with van der Waals surface area (Å²) in [5.74, 6) is -0.796. The maximum atomic E-state index is 14.5. The van der Waals surface area contributed by atoms with Crippen LogP contribution in [-0.2, 0) is 9.59 Å². The minimum absolute atomic E-state index is 0.0216. The Hall–Kier alpha value is -3.10. The number of carbonyl (C=O) groups is 2. The number of aromatic nitrogens is 3. The summed E-state index contributed by atoms with van der Waals surface area (Å²) in [6.45, 7) is 0.605. The lowest BCUT2D eigenvalue weighted by Crippen LogP contribution is -2.35. The molecule has 2 aromatic heterocycles. The first-order valence-corrected chi connectivity index (χ1v) is 10.3. The van der Waals surface area contributed by atoms with E-state index in [-0.39, 0.29) is 23.6 Å². The molecule has 8 nitrogen and oxygen atoms in total. The molecular formula is C21H24FN5O3. The number of hydrogen-bond donors (Lipinski definition) is 2. The molecule has 3 heterocycles. The van der Waals surface area contributed by atoms with E-state index >= 15 is 0 Å². The third kappa shape index (κ3) is 4.39. The number of anilines is 2. The number of aliphatic carboxylic acids is 1. The molecule has 4 rings (SSSR count). The highest BCUT2D eigenvalue weighted by Gasteiger charge is 2.26. The molecule has 9 heteroatoms. The number of hydrogen-bond acceptors (Lipinski definition) is 6. The Morgan fingerprint density at radius 1 is 1.20 bits per heavy atom. The SMILES string of the molecule is O=C(O)C1CCC(Nc2ncc(F)c(-c3ccnc(N4CCCCC4=O)c3)n2)CC1. The standard InChI is InChI=1S/C21H24FN5O3/c22-16-12-24-21(25-15-6-4-13(5-7-15)20(29)30)26-19(16)14-8-9-23-17(11-14)27-10-2-1-3-18(27)28/h8-9,11-13,15H,1-7,10H2,(H,29,30)(H,24,25,26). The van der Waals surface area contributed by atoms with Gasteiger partial charge in [-0.05, 0) is 50.7 Å². The highest BCUT2D eigenvalue weighted by Crippen LogP contribution is 2.28. The van der Waals surface area contributed by atoms with Gasteiger partial charge in [0, 0.05) is 30.8 Å². The quantitative estimate of drug-likeness (QED) is 0.774. The van der Waals surface area contributed by atoms with Crippen LogP contribution < -0.4 is 10.2 Å². The summed E-state index contributed by atoms with van der Waals surface area (Å²) in [5.41, 5.74) is 0.663. The number of rotatable bonds is 5. The molecule has 158 valence electrons. The topological polar surface area (TPSA) is 108 Å². The first-order chi connectivity index (χ1) is 14.5. The van der Waals surface area contributed by atoms with Crippen LogP contribution in [0.4, 0.5) is 16.2 Å². The molecule has 1 amide bonds. The normalized spacial score (nSPS) is 22.0. The van der Waals surface area contributed by atoms with Crippen LogP contribution in [0.3, 0.4) is 0 Å². The summed E-state index contributed by atoms with van der Waals surface area (Å²) >= 11 is 0. The summed E-state index contributed by atoms with van der Waals surface area (Å²) in [5, 5.41) is 12.3. The van der Waals surface area contributed by atoms with Crippen molar-refractivity contribution in [1.82, 2.24) is 15.0 Å². The van der Waals surface area contributed by atoms with Crippen molar-refractivity contribution in [1.29, 1.82) is 0 Å². The van der Waals surface area contributed by atoms with E-state index < -0.39 is 11.8 Å². The number of halogens is 1. The minimum atomic E-state index is -0.755. The molecule has 1 saturated carbocycles. The van der Waals surface area contributed by atoms with E-state index in [1.807, 2.05) is 0 Å². The van der Waals surface area contributed by atoms with Gasteiger partial charge in [0.05, 0.1) is 12.1 Å². The third-order valence-corrected chi connectivity index (χ3v) is 5.77. The van der Waals surface area contributed by atoms with Gasteiger partial charge in [-0.25, -0.2) is 19.3 Å². The Morgan fingerprint density at radius 2 is 2.00 bits per heavy atom. The molecule has 2 aromatic rings. The predicted octanol–water partition coefficient (Wildman–Crippen LogP) is 3.25. The molecule has 2 N–H and O–H groups in total. The van der Waals surface area contributed by atoms with Crippen molar-refractivity contribution >= 4 is 23.6 Å². The highest BCUT2D eigenvalue weighted by atomic mass is 19.1. The number of carbonyl (C=O) groups excluding carboxylic acids is 1. The molecule has 0 radical (unpaired) electrons. The van der Waals surface area contributed by atoms with Crippen molar-refractivity contribution in [2.75, 3.05) is 16.8 Å². The molecule has 0 unspecified atom stereocenters. The summed E-state index contributed by atoms with van der Waals surface area (Å²) in [7, 11) is 0. The summed E-state index contributed by atoms with van der Waals surface area (Å²) in [4.78, 5) is 37.6. The molecule has 1 aliphatic heterocycles. The molecule has 0 aromatic carbocycles. The van der Waals surface area contributed by atoms with Gasteiger partial charge in [-0.3, -0.25) is 14.5 Å². The fourth-order valence-corrected chi connectivity index (χ4v) is 4.07. The Bertz CT molecular complexity index is 946. The molecule has 0 spiro atoms. The van der Waals surface area contributed by atoms with E-state index in [9.17, 15) is 14.0 Å². The van der Waals surface area contributed by atoms with E-state index in [0.717, 1.165) is 19.0 Å². The number of nitrogens with one attached hydrogen (secondary N) is 1. The van der Waals surface area contributed by atoms with Gasteiger partial charge in [-0.15, -0.1) is 0 Å². The summed E-state index contributed by atoms with van der Waals surface area (Å²) in [6.07, 6.45) is 7.54. The van der Waals surface area contributed by atoms with Crippen molar-refractivity contribution in [3.05, 3.63) is 30.3 Å². The Balaban J connectivity index is 1.52. The first-order valence-electron chi connectivity index (χ1n) is 10.3. The fourth-order valence-electron chi connectivity index (χ4n) is 4.07. The van der Waals surface area contributed by atoms with Crippen LogP contribution >= 0.6 is 0 Å². The lowest BCUT2D eigenvalue weighted by molar-refractivity contribution is -0.142. The van der Waals surface area contributed by atoms with Gasteiger partial charge in [0.25, 0.3) is 0 Å². The summed E-state index contributed by atoms with van der Waals surface area (Å²) < 4.78 is 14.5. The maximum absolute atomic E-state index is 14.5. The van der Waals surface area contributed by atoms with Crippen molar-refractivity contribution in [2.45, 2.75) is 51.0 Å². The highest BCUT2D eigenvalue weighted by molar-refractivity contribution is 5.93. The van der Waals surface area contributed by atoms with Crippen LogP contribution in [0.1, 0.15) is 44.9 Å². The lowest BCUT2D eigenvalue weighted by atomic mass is 9.86.